The van der Waals surface area contributed by atoms with Crippen LogP contribution in [0.15, 0.2) is 9.69 Å². The summed E-state index contributed by atoms with van der Waals surface area (Å²) >= 11 is 1.62. The number of hydrogen-bond donors (Lipinski definition) is 1. The Balaban J connectivity index is 0.00000144. The van der Waals surface area contributed by atoms with Crippen molar-refractivity contribution in [1.82, 2.24) is 24.5 Å². The molecule has 22 heavy (non-hydrogen) atoms. The molecule has 2 aromatic heterocycles. The number of aromatic nitrogens is 4. The average molecular weight is 330 g/mol. The molecule has 4 heterocycles. The predicted octanol–water partition coefficient (Wildman–Crippen LogP) is -0.441. The summed E-state index contributed by atoms with van der Waals surface area (Å²) in [5, 5.41) is 4.42. The third-order valence-corrected chi connectivity index (χ3v) is 5.33. The van der Waals surface area contributed by atoms with Gasteiger partial charge in [0, 0.05) is 31.9 Å². The third kappa shape index (κ3) is 2.82. The van der Waals surface area contributed by atoms with E-state index in [4.69, 9.17) is 0 Å². The van der Waals surface area contributed by atoms with Gasteiger partial charge < -0.3 is 14.8 Å². The van der Waals surface area contributed by atoms with Crippen LogP contribution in [-0.4, -0.2) is 93.0 Å². The second-order valence-corrected chi connectivity index (χ2v) is 6.73. The molecule has 9 heteroatoms. The van der Waals surface area contributed by atoms with Crippen molar-refractivity contribution >= 4 is 53.0 Å². The van der Waals surface area contributed by atoms with Crippen molar-refractivity contribution in [2.75, 3.05) is 43.9 Å². The van der Waals surface area contributed by atoms with Gasteiger partial charge in [0.05, 0.1) is 4.90 Å². The number of aryl methyl sites for hydroxylation is 1. The molecule has 1 N–H and O–H groups in total. The van der Waals surface area contributed by atoms with Crippen LogP contribution in [0.5, 0.6) is 0 Å². The topological polar surface area (TPSA) is 69.5 Å². The van der Waals surface area contributed by atoms with Crippen molar-refractivity contribution in [3.05, 3.63) is 16.0 Å². The van der Waals surface area contributed by atoms with E-state index in [1.807, 2.05) is 0 Å². The van der Waals surface area contributed by atoms with Crippen LogP contribution >= 0.6 is 11.8 Å². The molecule has 1 saturated heterocycles. The van der Waals surface area contributed by atoms with Crippen LogP contribution < -0.4 is 10.5 Å². The van der Waals surface area contributed by atoms with Gasteiger partial charge in [0.15, 0.2) is 0 Å². The van der Waals surface area contributed by atoms with E-state index in [0.29, 0.717) is 11.7 Å². The van der Waals surface area contributed by atoms with E-state index in [0.717, 1.165) is 55.4 Å². The Bertz CT molecular complexity index is 736. The van der Waals surface area contributed by atoms with Gasteiger partial charge in [0.1, 0.15) is 0 Å². The maximum atomic E-state index is 12.5. The van der Waals surface area contributed by atoms with Gasteiger partial charge in [-0.05, 0) is 25.6 Å². The third-order valence-electron chi connectivity index (χ3n) is 4.12. The van der Waals surface area contributed by atoms with E-state index in [2.05, 4.69) is 31.9 Å². The van der Waals surface area contributed by atoms with Crippen LogP contribution in [0, 0.1) is 0 Å². The molecule has 4 rings (SSSR count). The number of anilines is 1. The van der Waals surface area contributed by atoms with E-state index in [1.165, 1.54) is 4.52 Å². The molecule has 0 amide bonds. The molecule has 2 aliphatic rings. The van der Waals surface area contributed by atoms with Crippen molar-refractivity contribution < 1.29 is 0 Å². The van der Waals surface area contributed by atoms with Gasteiger partial charge in [-0.3, -0.25) is 4.79 Å². The number of aromatic amines is 1. The van der Waals surface area contributed by atoms with Gasteiger partial charge in [-0.25, -0.2) is 0 Å². The van der Waals surface area contributed by atoms with Gasteiger partial charge in [-0.1, -0.05) is 0 Å². The molecular weight excluding hydrogens is 311 g/mol. The van der Waals surface area contributed by atoms with E-state index in [-0.39, 0.29) is 35.1 Å². The first-order valence-electron chi connectivity index (χ1n) is 7.30. The Kier molecular flexibility index (Phi) is 4.84. The first-order chi connectivity index (χ1) is 10.2. The predicted molar refractivity (Wildman–Crippen MR) is 89.5 cm³/mol. The fourth-order valence-electron chi connectivity index (χ4n) is 2.83. The van der Waals surface area contributed by atoms with Crippen LogP contribution in [0.2, 0.25) is 0 Å². The van der Waals surface area contributed by atoms with E-state index in [1.54, 1.807) is 11.8 Å². The summed E-state index contributed by atoms with van der Waals surface area (Å²) < 4.78 is 1.42. The van der Waals surface area contributed by atoms with Crippen molar-refractivity contribution in [1.29, 1.82) is 0 Å². The molecule has 0 spiro atoms. The number of likely N-dealkylation sites (N-methyl/N-ethyl adjacent to an activating group) is 1. The van der Waals surface area contributed by atoms with Crippen LogP contribution in [0.1, 0.15) is 12.1 Å². The standard InChI is InChI=1S/C13H18N6OS.Na.H/c1-17-4-6-18(7-5-17)13-15-12-14-9-3-2-8-21-10(9)11(20)19(12)16-13;;/h2-8H2,1H3,(H,14,15,16);;. The first-order valence-corrected chi connectivity index (χ1v) is 8.29. The van der Waals surface area contributed by atoms with Gasteiger partial charge in [0.25, 0.3) is 5.56 Å². The molecule has 0 aliphatic carbocycles. The Morgan fingerprint density at radius 3 is 2.77 bits per heavy atom. The first kappa shape index (κ1) is 16.3. The summed E-state index contributed by atoms with van der Waals surface area (Å²) in [4.78, 5) is 25.6. The Hall–Kier alpha value is -0.540. The number of piperazine rings is 1. The SMILES string of the molecule is CN1CCN(c2nc3[nH]c4c(c(=O)n3n2)SCCC4)CC1.[NaH]. The molecule has 114 valence electrons. The molecule has 0 unspecified atom stereocenters. The van der Waals surface area contributed by atoms with E-state index >= 15 is 0 Å². The number of thioether (sulfide) groups is 1. The molecule has 0 saturated carbocycles. The van der Waals surface area contributed by atoms with Crippen molar-refractivity contribution in [2.24, 2.45) is 0 Å². The molecule has 7 nitrogen and oxygen atoms in total. The zero-order chi connectivity index (χ0) is 14.4. The van der Waals surface area contributed by atoms with Gasteiger partial charge in [-0.2, -0.15) is 9.50 Å². The minimum atomic E-state index is -0.0312. The van der Waals surface area contributed by atoms with Gasteiger partial charge in [0.2, 0.25) is 11.7 Å². The average Bonchev–Trinajstić information content (AvgIpc) is 2.92. The number of nitrogens with one attached hydrogen (secondary N) is 1. The summed E-state index contributed by atoms with van der Waals surface area (Å²) in [6.45, 7) is 3.79. The van der Waals surface area contributed by atoms with E-state index in [9.17, 15) is 4.79 Å². The Morgan fingerprint density at radius 1 is 1.23 bits per heavy atom. The second-order valence-electron chi connectivity index (χ2n) is 5.63. The van der Waals surface area contributed by atoms with E-state index < -0.39 is 0 Å². The Morgan fingerprint density at radius 2 is 2.00 bits per heavy atom. The normalized spacial score (nSPS) is 19.0. The fourth-order valence-corrected chi connectivity index (χ4v) is 3.86. The number of nitrogens with zero attached hydrogens (tertiary/aromatic N) is 5. The number of hydrogen-bond acceptors (Lipinski definition) is 6. The minimum absolute atomic E-state index is 0. The monoisotopic (exact) mass is 330 g/mol. The summed E-state index contributed by atoms with van der Waals surface area (Å²) in [5.41, 5.74) is 0.984. The summed E-state index contributed by atoms with van der Waals surface area (Å²) in [6.07, 6.45) is 2.02. The quantitative estimate of drug-likeness (QED) is 0.715. The van der Waals surface area contributed by atoms with Gasteiger partial charge >= 0.3 is 29.6 Å². The van der Waals surface area contributed by atoms with Crippen molar-refractivity contribution in [3.8, 4) is 0 Å². The van der Waals surface area contributed by atoms with Crippen molar-refractivity contribution in [3.63, 3.8) is 0 Å². The van der Waals surface area contributed by atoms with Crippen molar-refractivity contribution in [2.45, 2.75) is 17.7 Å². The molecule has 1 fully saturated rings. The molecule has 0 radical (unpaired) electrons. The summed E-state index contributed by atoms with van der Waals surface area (Å²) in [7, 11) is 2.11. The summed E-state index contributed by atoms with van der Waals surface area (Å²) in [5.74, 6) is 2.22. The molecule has 0 aromatic carbocycles. The zero-order valence-corrected chi connectivity index (χ0v) is 12.8. The van der Waals surface area contributed by atoms with Gasteiger partial charge in [-0.15, -0.1) is 16.9 Å². The Labute approximate surface area is 154 Å². The van der Waals surface area contributed by atoms with Crippen LogP contribution in [0.3, 0.4) is 0 Å². The molecular formula is C13H19N6NaOS. The molecule has 2 aromatic rings. The maximum absolute atomic E-state index is 12.5. The number of H-pyrrole nitrogens is 1. The number of rotatable bonds is 1. The van der Waals surface area contributed by atoms with Crippen LogP contribution in [0.4, 0.5) is 5.95 Å². The number of fused-ring (bicyclic) bond motifs is 2. The molecule has 0 atom stereocenters. The fraction of sp³-hybridized carbons (Fsp3) is 0.615. The second kappa shape index (κ2) is 6.52. The van der Waals surface area contributed by atoms with Crippen LogP contribution in [0.25, 0.3) is 5.78 Å². The molecule has 0 bridgehead atoms. The molecule has 2 aliphatic heterocycles. The zero-order valence-electron chi connectivity index (χ0n) is 12.0. The summed E-state index contributed by atoms with van der Waals surface area (Å²) in [6, 6.07) is 0. The van der Waals surface area contributed by atoms with Crippen LogP contribution in [-0.2, 0) is 6.42 Å².